The van der Waals surface area contributed by atoms with Gasteiger partial charge in [0.05, 0.1) is 21.2 Å². The van der Waals surface area contributed by atoms with Gasteiger partial charge < -0.3 is 0 Å². The summed E-state index contributed by atoms with van der Waals surface area (Å²) >= 11 is 14.5. The van der Waals surface area contributed by atoms with Crippen molar-refractivity contribution in [2.45, 2.75) is 36.5 Å². The first kappa shape index (κ1) is 37.3. The zero-order valence-corrected chi connectivity index (χ0v) is 50.0. The highest BCUT2D eigenvalue weighted by molar-refractivity contribution is 8.43. The predicted molar refractivity (Wildman–Crippen MR) is 386 cm³/mol. The van der Waals surface area contributed by atoms with Crippen molar-refractivity contribution in [1.29, 1.82) is 0 Å². The van der Waals surface area contributed by atoms with Gasteiger partial charge in [0, 0.05) is 33.2 Å². The highest BCUT2D eigenvalue weighted by atomic mass is 32.3. The van der Waals surface area contributed by atoms with Crippen LogP contribution in [-0.2, 0) is 17.3 Å². The molecule has 5 aliphatic carbocycles. The number of hydrogen-bond donors (Lipinski definition) is 0. The van der Waals surface area contributed by atoms with E-state index in [-0.39, 0.29) is 10.8 Å². The lowest BCUT2D eigenvalue weighted by molar-refractivity contribution is 0.731. The van der Waals surface area contributed by atoms with Crippen molar-refractivity contribution in [3.63, 3.8) is 0 Å². The minimum atomic E-state index is -0.178. The van der Waals surface area contributed by atoms with Crippen LogP contribution in [0.4, 0.5) is 0 Å². The van der Waals surface area contributed by atoms with Gasteiger partial charge in [-0.1, -0.05) is 71.3 Å². The van der Waals surface area contributed by atoms with E-state index < -0.39 is 0 Å². The monoisotopic (exact) mass is 1190 g/mol. The summed E-state index contributed by atoms with van der Waals surface area (Å²) in [5, 5.41) is 91.2. The fourth-order valence-electron chi connectivity index (χ4n) is 27.7. The maximum absolute atomic E-state index is 2.81. The number of aryl methyl sites for hydroxylation is 1. The van der Waals surface area contributed by atoms with E-state index in [4.69, 9.17) is 0 Å². The van der Waals surface area contributed by atoms with Crippen molar-refractivity contribution in [1.82, 2.24) is 0 Å². The van der Waals surface area contributed by atoms with Gasteiger partial charge in [-0.05, 0) is 350 Å². The van der Waals surface area contributed by atoms with Crippen LogP contribution < -0.4 is 0 Å². The molecule has 0 amide bonds. The summed E-state index contributed by atoms with van der Waals surface area (Å²) in [6, 6.07) is 10.5. The van der Waals surface area contributed by atoms with Gasteiger partial charge in [-0.3, -0.25) is 0 Å². The van der Waals surface area contributed by atoms with Crippen LogP contribution in [0.2, 0.25) is 0 Å². The molecule has 1 fully saturated rings. The Hall–Kier alpha value is -6.65. The first-order chi connectivity index (χ1) is 42.8. The van der Waals surface area contributed by atoms with Crippen LogP contribution in [0.15, 0.2) is 50.4 Å². The lowest BCUT2D eigenvalue weighted by Gasteiger charge is -2.32. The third-order valence-electron chi connectivity index (χ3n) is 28.3. The quantitative estimate of drug-likeness (QED) is 0.119. The molecule has 3 aliphatic heterocycles. The van der Waals surface area contributed by atoms with Gasteiger partial charge in [0.1, 0.15) is 0 Å². The Balaban J connectivity index is 0.747. The average Bonchev–Trinajstić information content (AvgIpc) is 1.37. The van der Waals surface area contributed by atoms with Gasteiger partial charge in [0.25, 0.3) is 0 Å². The van der Waals surface area contributed by atoms with Crippen LogP contribution in [0.5, 0.6) is 0 Å². The van der Waals surface area contributed by atoms with Crippen molar-refractivity contribution < 1.29 is 0 Å². The topological polar surface area (TPSA) is 0 Å². The van der Waals surface area contributed by atoms with Gasteiger partial charge in [0.2, 0.25) is 0 Å². The van der Waals surface area contributed by atoms with E-state index in [9.17, 15) is 0 Å². The lowest BCUT2D eigenvalue weighted by Crippen LogP contribution is -2.27. The number of hydrogen-bond acceptors (Lipinski definition) is 7. The number of benzene rings is 19. The third-order valence-corrected chi connectivity index (χ3v) is 38.8. The Morgan fingerprint density at radius 3 is 0.919 bits per heavy atom. The summed E-state index contributed by atoms with van der Waals surface area (Å²) in [7, 11) is 0. The van der Waals surface area contributed by atoms with E-state index in [1.807, 2.05) is 57.5 Å². The second-order valence-electron chi connectivity index (χ2n) is 29.6. The van der Waals surface area contributed by atoms with E-state index in [1.165, 1.54) is 35.5 Å². The normalized spacial score (nSPS) is 24.0. The van der Waals surface area contributed by atoms with Crippen LogP contribution in [0, 0.1) is 0 Å². The zero-order chi connectivity index (χ0) is 52.0. The Morgan fingerprint density at radius 2 is 0.616 bits per heavy atom. The number of thioether (sulfide) groups is 7. The maximum Gasteiger partial charge on any atom is 0.0717 e. The summed E-state index contributed by atoms with van der Waals surface area (Å²) in [6.45, 7) is 2.38. The minimum absolute atomic E-state index is 0.178. The van der Waals surface area contributed by atoms with Gasteiger partial charge >= 0.3 is 0 Å². The van der Waals surface area contributed by atoms with E-state index in [2.05, 4.69) is 78.2 Å². The van der Waals surface area contributed by atoms with E-state index in [0.717, 1.165) is 12.2 Å². The van der Waals surface area contributed by atoms with E-state index in [1.54, 1.807) is 310 Å². The fourth-order valence-corrected chi connectivity index (χ4v) is 38.0. The molecule has 2 spiro atoms. The van der Waals surface area contributed by atoms with Gasteiger partial charge in [0.15, 0.2) is 0 Å². The molecular weight excluding hydrogens is 1170 g/mol. The molecule has 376 valence electrons. The van der Waals surface area contributed by atoms with Gasteiger partial charge in [-0.2, -0.15) is 0 Å². The smallest absolute Gasteiger partial charge is 0.0717 e. The van der Waals surface area contributed by atoms with Crippen LogP contribution in [0.1, 0.15) is 52.6 Å². The van der Waals surface area contributed by atoms with Crippen molar-refractivity contribution in [2.75, 3.05) is 17.3 Å². The van der Waals surface area contributed by atoms with Crippen LogP contribution >= 0.6 is 82.3 Å². The Bertz CT molecular complexity index is 7690. The lowest BCUT2D eigenvalue weighted by atomic mass is 9.68. The van der Waals surface area contributed by atoms with Crippen LogP contribution in [0.25, 0.3) is 291 Å². The molecule has 8 aliphatic rings. The average molecular weight is 1190 g/mol. The molecule has 7 heteroatoms. The summed E-state index contributed by atoms with van der Waals surface area (Å²) in [6.07, 6.45) is 2.32. The maximum atomic E-state index is 2.81. The third kappa shape index (κ3) is 2.41. The van der Waals surface area contributed by atoms with E-state index in [0.29, 0.717) is 5.92 Å². The summed E-state index contributed by atoms with van der Waals surface area (Å²) in [5.41, 5.74) is 10.1. The SMILES string of the molecule is CC1=C(SCCCc2cccc(C3C45c6c7c8c9c%10c%11c(c%12c%13c4c4c6c6c%14c7c7c8c8c%10c%10c%15c%11c%11c%12c%12c%13c%13c4c4c6c6c%14c%14c7c7c8c%10c8c%10c%15c%11c%11c%12c%12c%13c4c4c6c6c%14c7c8c7c%10c%11c%12c4c67)C935)c2)SC(=C2SC3=C(SCCS3)S2)S1. The molecule has 1 saturated carbocycles. The predicted octanol–water partition coefficient (Wildman–Crippen LogP) is 24.6. The van der Waals surface area contributed by atoms with Crippen LogP contribution in [0.3, 0.4) is 0 Å². The second-order valence-corrected chi connectivity index (χ2v) is 38.5. The molecule has 0 radical (unpaired) electrons. The standard InChI is InChI=1S/C79H18S7/c1-11-73(84-76(83-11)77-85-74-75(86-77)82-9-8-81-74)80-7-3-5-12-4-2-6-13(10-12)72-78-68-60-52-42-32-24-16-14-15-18-22-20(16)28-36-30(22)40-34-26(18)27-19(15)23-21-17(14)25(24)33-39-29(21)37-31(23)41-35(27)45-44(34)54-48(40)58-50(36)56(46(52)38(28)32)64(68)66(58)70-62(54)63-55(45)49(41)59-51(37)57-47(39)53(43(33)42)61(60)69(78)65(57)67(59)71(63)79(70,72)78/h2,4,6,10,72H,3,5,7-9H2,1H3. The Labute approximate surface area is 506 Å². The second kappa shape index (κ2) is 9.48. The molecule has 0 nitrogen and oxygen atoms in total. The molecule has 0 aromatic heterocycles. The van der Waals surface area contributed by atoms with Crippen molar-refractivity contribution in [3.8, 4) is 0 Å². The van der Waals surface area contributed by atoms with E-state index >= 15 is 0 Å². The molecule has 0 N–H and O–H groups in total. The highest BCUT2D eigenvalue weighted by Crippen LogP contribution is 2.94. The molecule has 29 aromatic carbocycles. The zero-order valence-electron chi connectivity index (χ0n) is 44.3. The molecule has 0 saturated heterocycles. The number of allylic oxidation sites excluding steroid dienone is 1. The Morgan fingerprint density at radius 1 is 0.337 bits per heavy atom. The summed E-state index contributed by atoms with van der Waals surface area (Å²) in [5.74, 6) is 3.98. The molecule has 0 atom stereocenters. The minimum Gasteiger partial charge on any atom is -0.118 e. The number of rotatable bonds is 6. The summed E-state index contributed by atoms with van der Waals surface area (Å²) < 4.78 is 7.69. The van der Waals surface area contributed by atoms with Crippen molar-refractivity contribution >= 4 is 373 Å². The molecular formula is C79H18S7. The molecule has 86 heavy (non-hydrogen) atoms. The van der Waals surface area contributed by atoms with Crippen molar-refractivity contribution in [3.05, 3.63) is 83.7 Å². The van der Waals surface area contributed by atoms with Gasteiger partial charge in [-0.15, -0.1) is 35.3 Å². The first-order valence-corrected chi connectivity index (χ1v) is 37.6. The fraction of sp³-hybridized carbons (Fsp3) is 0.114. The molecule has 3 heterocycles. The van der Waals surface area contributed by atoms with Crippen molar-refractivity contribution in [2.24, 2.45) is 0 Å². The summed E-state index contributed by atoms with van der Waals surface area (Å²) in [4.78, 5) is 1.50. The molecule has 0 bridgehead atoms. The highest BCUT2D eigenvalue weighted by Gasteiger charge is 2.86. The molecule has 29 aromatic rings. The first-order valence-electron chi connectivity index (χ1n) is 31.4. The molecule has 37 rings (SSSR count). The Kier molecular flexibility index (Phi) is 4.11. The molecule has 0 unspecified atom stereocenters. The largest absolute Gasteiger partial charge is 0.118 e. The van der Waals surface area contributed by atoms with Gasteiger partial charge in [-0.25, -0.2) is 0 Å². The van der Waals surface area contributed by atoms with Crippen LogP contribution in [-0.4, -0.2) is 17.3 Å².